The molecule has 0 saturated heterocycles. The van der Waals surface area contributed by atoms with Crippen LogP contribution in [0.2, 0.25) is 0 Å². The number of benzene rings is 3. The number of hydrogen-bond acceptors (Lipinski definition) is 4. The maximum absolute atomic E-state index is 13.0. The van der Waals surface area contributed by atoms with Gasteiger partial charge >= 0.3 is 0 Å². The number of aromatic nitrogens is 1. The molecule has 1 heterocycles. The smallest absolute Gasteiger partial charge is 0.257 e. The second-order valence-electron chi connectivity index (χ2n) is 7.58. The Bertz CT molecular complexity index is 1370. The van der Waals surface area contributed by atoms with Gasteiger partial charge in [0.05, 0.1) is 28.9 Å². The van der Waals surface area contributed by atoms with E-state index in [1.54, 1.807) is 24.3 Å². The van der Waals surface area contributed by atoms with E-state index in [2.05, 4.69) is 10.3 Å². The highest BCUT2D eigenvalue weighted by atomic mass is 32.2. The van der Waals surface area contributed by atoms with Crippen molar-refractivity contribution in [3.63, 3.8) is 0 Å². The van der Waals surface area contributed by atoms with Crippen LogP contribution in [0.5, 0.6) is 0 Å². The molecular weight excluding hydrogens is 434 g/mol. The Morgan fingerprint density at radius 3 is 2.03 bits per heavy atom. The lowest BCUT2D eigenvalue weighted by Crippen LogP contribution is -2.26. The molecule has 4 aromatic rings. The van der Waals surface area contributed by atoms with Crippen molar-refractivity contribution in [1.82, 2.24) is 4.98 Å². The van der Waals surface area contributed by atoms with E-state index >= 15 is 0 Å². The number of hydrogen-bond donors (Lipinski definition) is 1. The Labute approximate surface area is 193 Å². The van der Waals surface area contributed by atoms with Crippen LogP contribution in [0.25, 0.3) is 22.4 Å². The molecule has 0 aliphatic rings. The molecule has 0 unspecified atom stereocenters. The number of pyridine rings is 1. The van der Waals surface area contributed by atoms with Gasteiger partial charge in [-0.25, -0.2) is 8.42 Å². The number of anilines is 2. The highest BCUT2D eigenvalue weighted by molar-refractivity contribution is 7.92. The first kappa shape index (κ1) is 22.2. The van der Waals surface area contributed by atoms with Gasteiger partial charge in [0.15, 0.2) is 0 Å². The first-order valence-corrected chi connectivity index (χ1v) is 12.1. The number of carbonyl (C=O) groups is 1. The van der Waals surface area contributed by atoms with Crippen molar-refractivity contribution in [2.45, 2.75) is 0 Å². The Kier molecular flexibility index (Phi) is 6.24. The molecule has 166 valence electrons. The van der Waals surface area contributed by atoms with Gasteiger partial charge in [0.25, 0.3) is 5.91 Å². The number of carbonyl (C=O) groups excluding carboxylic acids is 1. The second kappa shape index (κ2) is 9.26. The van der Waals surface area contributed by atoms with E-state index in [4.69, 9.17) is 0 Å². The van der Waals surface area contributed by atoms with Crippen LogP contribution in [0.4, 0.5) is 11.4 Å². The summed E-state index contributed by atoms with van der Waals surface area (Å²) < 4.78 is 25.5. The molecule has 33 heavy (non-hydrogen) atoms. The van der Waals surface area contributed by atoms with Gasteiger partial charge in [-0.05, 0) is 35.4 Å². The molecule has 3 aromatic carbocycles. The summed E-state index contributed by atoms with van der Waals surface area (Å²) in [7, 11) is -2.07. The summed E-state index contributed by atoms with van der Waals surface area (Å²) in [4.78, 5) is 17.4. The molecule has 1 amide bonds. The van der Waals surface area contributed by atoms with Crippen LogP contribution in [0, 0.1) is 0 Å². The molecule has 0 bridgehead atoms. The molecule has 0 radical (unpaired) electrons. The Morgan fingerprint density at radius 1 is 0.818 bits per heavy atom. The molecule has 0 spiro atoms. The van der Waals surface area contributed by atoms with Gasteiger partial charge in [0.2, 0.25) is 10.0 Å². The van der Waals surface area contributed by atoms with Crippen molar-refractivity contribution in [3.05, 3.63) is 103 Å². The number of nitrogens with zero attached hydrogens (tertiary/aromatic N) is 2. The lowest BCUT2D eigenvalue weighted by molar-refractivity contribution is 0.102. The molecule has 7 heteroatoms. The highest BCUT2D eigenvalue weighted by Gasteiger charge is 2.19. The van der Waals surface area contributed by atoms with Crippen molar-refractivity contribution < 1.29 is 13.2 Å². The Morgan fingerprint density at radius 2 is 1.45 bits per heavy atom. The van der Waals surface area contributed by atoms with Crippen molar-refractivity contribution in [2.75, 3.05) is 22.9 Å². The molecule has 0 aliphatic heterocycles. The van der Waals surface area contributed by atoms with Crippen LogP contribution < -0.4 is 9.62 Å². The summed E-state index contributed by atoms with van der Waals surface area (Å²) >= 11 is 0. The molecule has 0 fully saturated rings. The minimum atomic E-state index is -3.52. The van der Waals surface area contributed by atoms with Gasteiger partial charge in [-0.15, -0.1) is 0 Å². The monoisotopic (exact) mass is 457 g/mol. The van der Waals surface area contributed by atoms with Gasteiger partial charge in [-0.1, -0.05) is 66.7 Å². The molecule has 0 aliphatic carbocycles. The zero-order valence-electron chi connectivity index (χ0n) is 18.3. The van der Waals surface area contributed by atoms with Gasteiger partial charge in [0, 0.05) is 18.8 Å². The quantitative estimate of drug-likeness (QED) is 0.439. The fourth-order valence-corrected chi connectivity index (χ4v) is 3.92. The van der Waals surface area contributed by atoms with E-state index < -0.39 is 10.0 Å². The largest absolute Gasteiger partial charge is 0.320 e. The van der Waals surface area contributed by atoms with E-state index in [0.717, 1.165) is 32.9 Å². The number of rotatable bonds is 6. The zero-order chi connectivity index (χ0) is 23.4. The molecular formula is C26H23N3O3S. The standard InChI is InChI=1S/C26H23N3O3S/c1-29(33(2,31)32)25-16-14-21(19-9-5-3-6-10-19)17-24(25)28-26(30)22-13-15-23(27-18-22)20-11-7-4-8-12-20/h3-18H,1-2H3,(H,28,30). The number of nitrogens with one attached hydrogen (secondary N) is 1. The fraction of sp³-hybridized carbons (Fsp3) is 0.0769. The predicted octanol–water partition coefficient (Wildman–Crippen LogP) is 5.06. The van der Waals surface area contributed by atoms with Crippen LogP contribution in [-0.4, -0.2) is 32.6 Å². The molecule has 0 saturated carbocycles. The molecule has 6 nitrogen and oxygen atoms in total. The third-order valence-corrected chi connectivity index (χ3v) is 6.48. The van der Waals surface area contributed by atoms with E-state index in [-0.39, 0.29) is 5.91 Å². The van der Waals surface area contributed by atoms with Gasteiger partial charge in [-0.2, -0.15) is 0 Å². The second-order valence-corrected chi connectivity index (χ2v) is 9.59. The van der Waals surface area contributed by atoms with Crippen molar-refractivity contribution in [2.24, 2.45) is 0 Å². The van der Waals surface area contributed by atoms with Crippen molar-refractivity contribution >= 4 is 27.3 Å². The zero-order valence-corrected chi connectivity index (χ0v) is 19.1. The maximum atomic E-state index is 13.0. The van der Waals surface area contributed by atoms with Gasteiger partial charge in [-0.3, -0.25) is 14.1 Å². The molecule has 0 atom stereocenters. The Hall–Kier alpha value is -3.97. The van der Waals surface area contributed by atoms with E-state index in [0.29, 0.717) is 16.9 Å². The summed E-state index contributed by atoms with van der Waals surface area (Å²) in [6.07, 6.45) is 2.63. The van der Waals surface area contributed by atoms with Crippen molar-refractivity contribution in [3.8, 4) is 22.4 Å². The summed E-state index contributed by atoms with van der Waals surface area (Å²) in [5.41, 5.74) is 4.66. The number of amides is 1. The summed E-state index contributed by atoms with van der Waals surface area (Å²) in [5, 5.41) is 2.86. The summed E-state index contributed by atoms with van der Waals surface area (Å²) in [5.74, 6) is -0.379. The minimum Gasteiger partial charge on any atom is -0.320 e. The molecule has 1 N–H and O–H groups in total. The van der Waals surface area contributed by atoms with Crippen LogP contribution >= 0.6 is 0 Å². The first-order chi connectivity index (χ1) is 15.8. The number of sulfonamides is 1. The average molecular weight is 458 g/mol. The van der Waals surface area contributed by atoms with Crippen LogP contribution in [0.1, 0.15) is 10.4 Å². The first-order valence-electron chi connectivity index (χ1n) is 10.3. The topological polar surface area (TPSA) is 79.4 Å². The maximum Gasteiger partial charge on any atom is 0.257 e. The SMILES string of the molecule is CN(c1ccc(-c2ccccc2)cc1NC(=O)c1ccc(-c2ccccc2)nc1)S(C)(=O)=O. The molecule has 1 aromatic heterocycles. The van der Waals surface area contributed by atoms with E-state index in [1.807, 2.05) is 66.7 Å². The predicted molar refractivity (Wildman–Crippen MR) is 133 cm³/mol. The fourth-order valence-electron chi connectivity index (χ4n) is 3.40. The van der Waals surface area contributed by atoms with Crippen LogP contribution in [0.3, 0.4) is 0 Å². The highest BCUT2D eigenvalue weighted by Crippen LogP contribution is 2.32. The Balaban J connectivity index is 1.67. The van der Waals surface area contributed by atoms with E-state index in [1.165, 1.54) is 13.2 Å². The van der Waals surface area contributed by atoms with Gasteiger partial charge in [0.1, 0.15) is 0 Å². The van der Waals surface area contributed by atoms with Crippen LogP contribution in [0.15, 0.2) is 97.2 Å². The van der Waals surface area contributed by atoms with Crippen LogP contribution in [-0.2, 0) is 10.0 Å². The van der Waals surface area contributed by atoms with E-state index in [9.17, 15) is 13.2 Å². The third kappa shape index (κ3) is 5.10. The third-order valence-electron chi connectivity index (χ3n) is 5.28. The van der Waals surface area contributed by atoms with Crippen molar-refractivity contribution in [1.29, 1.82) is 0 Å². The average Bonchev–Trinajstić information content (AvgIpc) is 2.84. The normalized spacial score (nSPS) is 11.1. The summed E-state index contributed by atoms with van der Waals surface area (Å²) in [6.45, 7) is 0. The summed E-state index contributed by atoms with van der Waals surface area (Å²) in [6, 6.07) is 28.1. The molecule has 4 rings (SSSR count). The minimum absolute atomic E-state index is 0.368. The van der Waals surface area contributed by atoms with Gasteiger partial charge < -0.3 is 5.32 Å². The lowest BCUT2D eigenvalue weighted by Gasteiger charge is -2.21. The lowest BCUT2D eigenvalue weighted by atomic mass is 10.0.